The van der Waals surface area contributed by atoms with Gasteiger partial charge in [0.2, 0.25) is 11.2 Å². The molecule has 15 nitrogen and oxygen atoms in total. The van der Waals surface area contributed by atoms with Crippen LogP contribution >= 0.6 is 11.3 Å². The molecule has 1 unspecified atom stereocenters. The first-order chi connectivity index (χ1) is 22.4. The lowest BCUT2D eigenvalue weighted by atomic mass is 9.94. The summed E-state index contributed by atoms with van der Waals surface area (Å²) in [4.78, 5) is 53.6. The average Bonchev–Trinajstić information content (AvgIpc) is 3.44. The SMILES string of the molecule is C/C=C(\N=c1\sc(-c2cc(NC)cc(C(C)(O)CO)c2)nn1C=O)N1CCN(C(=O)OC(C)(C)C)CC1.CC(C)(C)OC(=O)NCC=O. The monoisotopic (exact) mass is 691 g/mol. The zero-order valence-corrected chi connectivity index (χ0v) is 30.0. The molecule has 1 aliphatic heterocycles. The maximum absolute atomic E-state index is 12.4. The fourth-order valence-corrected chi connectivity index (χ4v) is 5.00. The molecule has 48 heavy (non-hydrogen) atoms. The molecule has 1 aromatic heterocycles. The van der Waals surface area contributed by atoms with Crippen LogP contribution in [0.25, 0.3) is 10.6 Å². The molecule has 1 saturated heterocycles. The van der Waals surface area contributed by atoms with E-state index in [2.05, 4.69) is 15.7 Å². The van der Waals surface area contributed by atoms with Gasteiger partial charge in [0.15, 0.2) is 0 Å². The van der Waals surface area contributed by atoms with Gasteiger partial charge in [0.05, 0.1) is 13.2 Å². The maximum atomic E-state index is 12.4. The van der Waals surface area contributed by atoms with Crippen molar-refractivity contribution in [1.82, 2.24) is 24.9 Å². The van der Waals surface area contributed by atoms with Gasteiger partial charge in [0.1, 0.15) is 33.9 Å². The maximum Gasteiger partial charge on any atom is 0.410 e. The van der Waals surface area contributed by atoms with Crippen molar-refractivity contribution in [3.05, 3.63) is 40.5 Å². The minimum Gasteiger partial charge on any atom is -0.444 e. The van der Waals surface area contributed by atoms with Crippen molar-refractivity contribution in [2.45, 2.75) is 72.2 Å². The molecule has 0 saturated carbocycles. The van der Waals surface area contributed by atoms with Crippen LogP contribution in [0.1, 0.15) is 61.0 Å². The summed E-state index contributed by atoms with van der Waals surface area (Å²) in [7, 11) is 1.76. The van der Waals surface area contributed by atoms with Gasteiger partial charge in [0, 0.05) is 44.5 Å². The number of aliphatic hydroxyl groups is 2. The first-order valence-electron chi connectivity index (χ1n) is 15.4. The Morgan fingerprint density at radius 1 is 1.00 bits per heavy atom. The lowest BCUT2D eigenvalue weighted by Gasteiger charge is -2.36. The van der Waals surface area contributed by atoms with Crippen molar-refractivity contribution in [3.8, 4) is 10.6 Å². The van der Waals surface area contributed by atoms with Crippen molar-refractivity contribution in [2.75, 3.05) is 51.7 Å². The van der Waals surface area contributed by atoms with Gasteiger partial charge in [-0.05, 0) is 85.2 Å². The fourth-order valence-electron chi connectivity index (χ4n) is 4.15. The summed E-state index contributed by atoms with van der Waals surface area (Å²) in [6.45, 7) is 15.9. The van der Waals surface area contributed by atoms with Crippen molar-refractivity contribution in [1.29, 1.82) is 0 Å². The number of nitrogens with one attached hydrogen (secondary N) is 2. The van der Waals surface area contributed by atoms with Crippen molar-refractivity contribution < 1.29 is 38.9 Å². The number of alkyl carbamates (subject to hydrolysis) is 1. The van der Waals surface area contributed by atoms with Crippen molar-refractivity contribution in [2.24, 2.45) is 4.99 Å². The highest BCUT2D eigenvalue weighted by Gasteiger charge is 2.27. The Morgan fingerprint density at radius 3 is 2.10 bits per heavy atom. The highest BCUT2D eigenvalue weighted by molar-refractivity contribution is 7.12. The van der Waals surface area contributed by atoms with Gasteiger partial charge in [-0.25, -0.2) is 14.6 Å². The molecule has 0 spiro atoms. The lowest BCUT2D eigenvalue weighted by Crippen LogP contribution is -2.49. The zero-order chi connectivity index (χ0) is 36.3. The van der Waals surface area contributed by atoms with E-state index in [0.29, 0.717) is 65.6 Å². The van der Waals surface area contributed by atoms with Crippen molar-refractivity contribution >= 4 is 41.9 Å². The van der Waals surface area contributed by atoms with Gasteiger partial charge < -0.3 is 44.9 Å². The smallest absolute Gasteiger partial charge is 0.410 e. The van der Waals surface area contributed by atoms with E-state index in [-0.39, 0.29) is 12.6 Å². The number of hydrogen-bond acceptors (Lipinski definition) is 13. The number of aliphatic hydroxyl groups excluding tert-OH is 1. The van der Waals surface area contributed by atoms with Crippen molar-refractivity contribution in [3.63, 3.8) is 0 Å². The van der Waals surface area contributed by atoms with Gasteiger partial charge in [0.25, 0.3) is 0 Å². The Bertz CT molecular complexity index is 1510. The topological polar surface area (TPSA) is 188 Å². The largest absolute Gasteiger partial charge is 0.444 e. The average molecular weight is 692 g/mol. The zero-order valence-electron chi connectivity index (χ0n) is 29.2. The number of nitrogens with zero attached hydrogens (tertiary/aromatic N) is 5. The van der Waals surface area contributed by atoms with Gasteiger partial charge in [-0.3, -0.25) is 4.79 Å². The van der Waals surface area contributed by atoms with E-state index in [1.807, 2.05) is 44.7 Å². The molecule has 0 radical (unpaired) electrons. The number of ether oxygens (including phenoxy) is 2. The number of amides is 2. The first kappa shape index (κ1) is 39.9. The van der Waals surface area contributed by atoms with Gasteiger partial charge in [-0.1, -0.05) is 11.3 Å². The third-order valence-corrected chi connectivity index (χ3v) is 7.50. The summed E-state index contributed by atoms with van der Waals surface area (Å²) < 4.78 is 11.5. The Morgan fingerprint density at radius 2 is 1.60 bits per heavy atom. The third-order valence-electron chi connectivity index (χ3n) is 6.53. The predicted octanol–water partition coefficient (Wildman–Crippen LogP) is 2.92. The molecular formula is C32H49N7O8S. The molecule has 0 aliphatic carbocycles. The van der Waals surface area contributed by atoms with Gasteiger partial charge >= 0.3 is 12.2 Å². The third kappa shape index (κ3) is 12.4. The molecule has 2 heterocycles. The van der Waals surface area contributed by atoms with Crippen LogP contribution in [0.3, 0.4) is 0 Å². The molecule has 1 fully saturated rings. The van der Waals surface area contributed by atoms with E-state index in [1.165, 1.54) is 22.9 Å². The van der Waals surface area contributed by atoms with Crippen LogP contribution in [0.2, 0.25) is 0 Å². The van der Waals surface area contributed by atoms with Crippen LogP contribution in [-0.2, 0) is 24.7 Å². The summed E-state index contributed by atoms with van der Waals surface area (Å²) in [6.07, 6.45) is 2.16. The van der Waals surface area contributed by atoms with Gasteiger partial charge in [-0.15, -0.1) is 0 Å². The standard InChI is InChI=1S/C25H36N6O5S.C7H13NO3/c1-7-20(29-8-10-30(11-9-29)23(34)36-24(2,3)4)27-22-31(16-33)28-21(37-22)17-12-18(25(5,35)15-32)14-19(13-17)26-6;1-7(2,3)11-6(10)8-4-5-9/h7,12-14,16,26,32,35H,8-11,15H2,1-6H3;5H,4H2,1-3H3,(H,8,10)/b20-7+,27-22+;. The molecular weight excluding hydrogens is 642 g/mol. The van der Waals surface area contributed by atoms with E-state index >= 15 is 0 Å². The number of rotatable bonds is 9. The normalized spacial score (nSPS) is 15.5. The van der Waals surface area contributed by atoms with E-state index in [1.54, 1.807) is 44.9 Å². The minimum absolute atomic E-state index is 0.00505. The van der Waals surface area contributed by atoms with E-state index < -0.39 is 29.5 Å². The highest BCUT2D eigenvalue weighted by Crippen LogP contribution is 2.30. The second-order valence-corrected chi connectivity index (χ2v) is 13.9. The Hall–Kier alpha value is -4.28. The minimum atomic E-state index is -1.44. The van der Waals surface area contributed by atoms with E-state index in [9.17, 15) is 29.4 Å². The van der Waals surface area contributed by atoms with Crippen LogP contribution in [0.5, 0.6) is 0 Å². The second-order valence-electron chi connectivity index (χ2n) is 13.0. The van der Waals surface area contributed by atoms with Crippen LogP contribution in [-0.4, -0.2) is 112 Å². The fraction of sp³-hybridized carbons (Fsp3) is 0.562. The molecule has 4 N–H and O–H groups in total. The molecule has 266 valence electrons. The second kappa shape index (κ2) is 17.2. The van der Waals surface area contributed by atoms with Crippen LogP contribution in [0.4, 0.5) is 15.3 Å². The number of benzene rings is 1. The van der Waals surface area contributed by atoms with Crippen LogP contribution in [0.15, 0.2) is 35.1 Å². The molecule has 0 bridgehead atoms. The Balaban J connectivity index is 0.000000623. The molecule has 2 amide bonds. The van der Waals surface area contributed by atoms with E-state index in [4.69, 9.17) is 14.5 Å². The number of aromatic nitrogens is 2. The van der Waals surface area contributed by atoms with Crippen LogP contribution < -0.4 is 15.4 Å². The summed E-state index contributed by atoms with van der Waals surface area (Å²) >= 11 is 1.23. The lowest BCUT2D eigenvalue weighted by molar-refractivity contribution is -0.107. The summed E-state index contributed by atoms with van der Waals surface area (Å²) in [6, 6.07) is 5.34. The molecule has 16 heteroatoms. The molecule has 3 rings (SSSR count). The summed E-state index contributed by atoms with van der Waals surface area (Å²) in [5.41, 5.74) is -0.583. The quantitative estimate of drug-likeness (QED) is 0.283. The molecule has 1 atom stereocenters. The number of hydrogen-bond donors (Lipinski definition) is 4. The summed E-state index contributed by atoms with van der Waals surface area (Å²) in [5.74, 6) is 0.669. The van der Waals surface area contributed by atoms with Gasteiger partial charge in [-0.2, -0.15) is 9.78 Å². The number of piperazine rings is 1. The highest BCUT2D eigenvalue weighted by atomic mass is 32.1. The Kier molecular flexibility index (Phi) is 14.3. The predicted molar refractivity (Wildman–Crippen MR) is 183 cm³/mol. The number of carbonyl (C=O) groups is 4. The summed E-state index contributed by atoms with van der Waals surface area (Å²) in [5, 5.41) is 30.4. The van der Waals surface area contributed by atoms with Crippen LogP contribution in [0, 0.1) is 0 Å². The number of carbonyl (C=O) groups excluding carboxylic acids is 4. The number of aldehydes is 1. The Labute approximate surface area is 285 Å². The van der Waals surface area contributed by atoms with E-state index in [0.717, 1.165) is 5.69 Å². The molecule has 1 aliphatic rings. The number of anilines is 1. The number of allylic oxidation sites excluding steroid dienone is 1. The molecule has 1 aromatic carbocycles. The molecule has 2 aromatic rings. The first-order valence-corrected chi connectivity index (χ1v) is 16.2.